The highest BCUT2D eigenvalue weighted by Crippen LogP contribution is 2.40. The Morgan fingerprint density at radius 2 is 2.04 bits per heavy atom. The van der Waals surface area contributed by atoms with Crippen LogP contribution in [-0.4, -0.2) is 31.1 Å². The van der Waals surface area contributed by atoms with Crippen LogP contribution in [0.2, 0.25) is 0 Å². The van der Waals surface area contributed by atoms with Gasteiger partial charge < -0.3 is 14.2 Å². The maximum atomic E-state index is 14.1. The molecule has 28 heavy (non-hydrogen) atoms. The van der Waals surface area contributed by atoms with Crippen LogP contribution in [-0.2, 0) is 4.74 Å². The van der Waals surface area contributed by atoms with Gasteiger partial charge in [-0.15, -0.1) is 0 Å². The Balaban J connectivity index is 1.56. The summed E-state index contributed by atoms with van der Waals surface area (Å²) in [4.78, 5) is 25.1. The number of rotatable bonds is 5. The lowest BCUT2D eigenvalue weighted by Gasteiger charge is -2.15. The van der Waals surface area contributed by atoms with Crippen molar-refractivity contribution in [2.24, 2.45) is 0 Å². The average Bonchev–Trinajstić information content (AvgIpc) is 3.31. The quantitative estimate of drug-likeness (QED) is 0.568. The van der Waals surface area contributed by atoms with Gasteiger partial charge in [0.25, 0.3) is 0 Å². The van der Waals surface area contributed by atoms with Crippen molar-refractivity contribution in [3.8, 4) is 11.5 Å². The Morgan fingerprint density at radius 1 is 1.21 bits per heavy atom. The van der Waals surface area contributed by atoms with Gasteiger partial charge in [0.15, 0.2) is 5.78 Å². The summed E-state index contributed by atoms with van der Waals surface area (Å²) in [6.07, 6.45) is 2.15. The summed E-state index contributed by atoms with van der Waals surface area (Å²) in [7, 11) is 0. The third-order valence-electron chi connectivity index (χ3n) is 5.18. The molecule has 0 N–H and O–H groups in total. The van der Waals surface area contributed by atoms with Crippen molar-refractivity contribution in [3.63, 3.8) is 0 Å². The van der Waals surface area contributed by atoms with Gasteiger partial charge in [-0.25, -0.2) is 9.18 Å². The summed E-state index contributed by atoms with van der Waals surface area (Å²) in [6.45, 7) is 2.86. The summed E-state index contributed by atoms with van der Waals surface area (Å²) in [5.74, 6) is -1.07. The fourth-order valence-electron chi connectivity index (χ4n) is 3.79. The highest BCUT2D eigenvalue weighted by molar-refractivity contribution is 6.05. The first kappa shape index (κ1) is 18.6. The lowest BCUT2D eigenvalue weighted by molar-refractivity contribution is 0.0643. The smallest absolute Gasteiger partial charge is 0.347 e. The number of esters is 1. The molecular weight excluding hydrogens is 363 g/mol. The van der Waals surface area contributed by atoms with Crippen LogP contribution in [0, 0.1) is 5.82 Å². The third kappa shape index (κ3) is 3.52. The van der Waals surface area contributed by atoms with E-state index in [4.69, 9.17) is 14.2 Å². The van der Waals surface area contributed by atoms with Crippen LogP contribution in [0.15, 0.2) is 36.4 Å². The number of para-hydroxylation sites is 1. The van der Waals surface area contributed by atoms with E-state index in [-0.39, 0.29) is 41.1 Å². The SMILES string of the molecule is CC1CC(=O)c2c(OC(=O)c3ccccc3OCC3CCCO3)ccc(F)c21. The molecule has 1 fully saturated rings. The zero-order valence-electron chi connectivity index (χ0n) is 15.6. The second-order valence-electron chi connectivity index (χ2n) is 7.19. The van der Waals surface area contributed by atoms with Crippen LogP contribution in [0.25, 0.3) is 0 Å². The summed E-state index contributed by atoms with van der Waals surface area (Å²) in [5, 5.41) is 0. The number of carbonyl (C=O) groups excluding carboxylic acids is 2. The monoisotopic (exact) mass is 384 g/mol. The first-order valence-electron chi connectivity index (χ1n) is 9.46. The molecule has 4 rings (SSSR count). The average molecular weight is 384 g/mol. The summed E-state index contributed by atoms with van der Waals surface area (Å²) < 4.78 is 31.0. The van der Waals surface area contributed by atoms with Gasteiger partial charge in [-0.1, -0.05) is 19.1 Å². The minimum atomic E-state index is -0.649. The fourth-order valence-corrected chi connectivity index (χ4v) is 3.79. The minimum Gasteiger partial charge on any atom is -0.490 e. The molecule has 1 saturated heterocycles. The molecule has 1 aliphatic heterocycles. The van der Waals surface area contributed by atoms with E-state index in [1.165, 1.54) is 12.1 Å². The molecule has 5 nitrogen and oxygen atoms in total. The van der Waals surface area contributed by atoms with E-state index < -0.39 is 11.8 Å². The van der Waals surface area contributed by atoms with Crippen molar-refractivity contribution in [3.05, 3.63) is 58.9 Å². The molecule has 2 aromatic carbocycles. The van der Waals surface area contributed by atoms with Crippen LogP contribution in [0.1, 0.15) is 58.4 Å². The molecule has 2 atom stereocenters. The zero-order valence-corrected chi connectivity index (χ0v) is 15.6. The van der Waals surface area contributed by atoms with Gasteiger partial charge in [0.05, 0.1) is 11.7 Å². The van der Waals surface area contributed by atoms with E-state index in [2.05, 4.69) is 0 Å². The molecule has 0 bridgehead atoms. The Kier molecular flexibility index (Phi) is 5.13. The molecule has 146 valence electrons. The van der Waals surface area contributed by atoms with Crippen molar-refractivity contribution >= 4 is 11.8 Å². The van der Waals surface area contributed by atoms with Gasteiger partial charge >= 0.3 is 5.97 Å². The van der Waals surface area contributed by atoms with Crippen molar-refractivity contribution in [1.82, 2.24) is 0 Å². The largest absolute Gasteiger partial charge is 0.490 e. The number of ether oxygens (including phenoxy) is 3. The van der Waals surface area contributed by atoms with Crippen LogP contribution in [0.4, 0.5) is 4.39 Å². The van der Waals surface area contributed by atoms with E-state index in [1.807, 2.05) is 0 Å². The lowest BCUT2D eigenvalue weighted by Crippen LogP contribution is -2.18. The van der Waals surface area contributed by atoms with Crippen LogP contribution in [0.5, 0.6) is 11.5 Å². The third-order valence-corrected chi connectivity index (χ3v) is 5.18. The molecule has 0 radical (unpaired) electrons. The molecule has 2 aliphatic rings. The van der Waals surface area contributed by atoms with Crippen molar-refractivity contribution in [2.45, 2.75) is 38.2 Å². The van der Waals surface area contributed by atoms with Crippen LogP contribution < -0.4 is 9.47 Å². The van der Waals surface area contributed by atoms with E-state index in [9.17, 15) is 14.0 Å². The predicted molar refractivity (Wildman–Crippen MR) is 99.6 cm³/mol. The molecule has 6 heteroatoms. The molecule has 0 spiro atoms. The van der Waals surface area contributed by atoms with Crippen molar-refractivity contribution in [1.29, 1.82) is 0 Å². The number of Topliss-reactive ketones (excluding diaryl/α,β-unsaturated/α-hetero) is 1. The Morgan fingerprint density at radius 3 is 2.82 bits per heavy atom. The van der Waals surface area contributed by atoms with Gasteiger partial charge in [-0.05, 0) is 43.0 Å². The first-order chi connectivity index (χ1) is 13.5. The minimum absolute atomic E-state index is 0.0172. The maximum Gasteiger partial charge on any atom is 0.347 e. The van der Waals surface area contributed by atoms with Gasteiger partial charge in [0.2, 0.25) is 0 Å². The Hall–Kier alpha value is -2.73. The van der Waals surface area contributed by atoms with Gasteiger partial charge in [0.1, 0.15) is 29.5 Å². The lowest BCUT2D eigenvalue weighted by atomic mass is 10.0. The number of benzene rings is 2. The predicted octanol–water partition coefficient (Wildman–Crippen LogP) is 4.29. The highest BCUT2D eigenvalue weighted by atomic mass is 19.1. The summed E-state index contributed by atoms with van der Waals surface area (Å²) >= 11 is 0. The van der Waals surface area contributed by atoms with E-state index >= 15 is 0 Å². The highest BCUT2D eigenvalue weighted by Gasteiger charge is 2.33. The normalized spacial score (nSPS) is 20.9. The molecular formula is C22H21FO5. The first-order valence-corrected chi connectivity index (χ1v) is 9.46. The Labute approximate surface area is 162 Å². The second-order valence-corrected chi connectivity index (χ2v) is 7.19. The van der Waals surface area contributed by atoms with Crippen LogP contribution in [0.3, 0.4) is 0 Å². The molecule has 2 unspecified atom stereocenters. The number of halogens is 1. The van der Waals surface area contributed by atoms with E-state index in [1.54, 1.807) is 31.2 Å². The maximum absolute atomic E-state index is 14.1. The van der Waals surface area contributed by atoms with Crippen LogP contribution >= 0.6 is 0 Å². The molecule has 1 aliphatic carbocycles. The summed E-state index contributed by atoms with van der Waals surface area (Å²) in [5.41, 5.74) is 0.730. The summed E-state index contributed by atoms with van der Waals surface area (Å²) in [6, 6.07) is 9.32. The second kappa shape index (κ2) is 7.72. The number of ketones is 1. The number of hydrogen-bond acceptors (Lipinski definition) is 5. The number of hydrogen-bond donors (Lipinski definition) is 0. The molecule has 0 saturated carbocycles. The topological polar surface area (TPSA) is 61.8 Å². The van der Waals surface area contributed by atoms with Gasteiger partial charge in [-0.2, -0.15) is 0 Å². The number of fused-ring (bicyclic) bond motifs is 1. The van der Waals surface area contributed by atoms with Gasteiger partial charge in [0, 0.05) is 18.6 Å². The Bertz CT molecular complexity index is 917. The zero-order chi connectivity index (χ0) is 19.7. The van der Waals surface area contributed by atoms with Gasteiger partial charge in [-0.3, -0.25) is 4.79 Å². The molecule has 0 amide bonds. The van der Waals surface area contributed by atoms with E-state index in [0.717, 1.165) is 19.4 Å². The molecule has 2 aromatic rings. The fraction of sp³-hybridized carbons (Fsp3) is 0.364. The molecule has 1 heterocycles. The number of carbonyl (C=O) groups is 2. The standard InChI is InChI=1S/C22H21FO5/c1-13-11-17(24)21-19(9-8-16(23)20(13)21)28-22(25)15-6-2-3-7-18(15)27-12-14-5-4-10-26-14/h2-3,6-9,13-14H,4-5,10-12H2,1H3. The van der Waals surface area contributed by atoms with E-state index in [0.29, 0.717) is 17.9 Å². The molecule has 0 aromatic heterocycles. The van der Waals surface area contributed by atoms with Crippen molar-refractivity contribution in [2.75, 3.05) is 13.2 Å². The van der Waals surface area contributed by atoms with Crippen molar-refractivity contribution < 1.29 is 28.2 Å².